The van der Waals surface area contributed by atoms with Gasteiger partial charge in [0.25, 0.3) is 0 Å². The molecule has 0 aliphatic carbocycles. The number of pyridine rings is 1. The average molecular weight is 244 g/mol. The molecule has 3 N–H and O–H groups in total. The number of rotatable bonds is 5. The predicted molar refractivity (Wildman–Crippen MR) is 62.3 cm³/mol. The quantitative estimate of drug-likeness (QED) is 0.810. The van der Waals surface area contributed by atoms with Crippen molar-refractivity contribution in [2.45, 2.75) is 12.5 Å². The van der Waals surface area contributed by atoms with Gasteiger partial charge in [-0.25, -0.2) is 4.98 Å². The van der Waals surface area contributed by atoms with Crippen LogP contribution in [0.2, 0.25) is 5.02 Å². The zero-order valence-corrected chi connectivity index (χ0v) is 9.70. The molecule has 1 unspecified atom stereocenters. The molecule has 1 aromatic rings. The van der Waals surface area contributed by atoms with Gasteiger partial charge in [-0.1, -0.05) is 11.6 Å². The SMILES string of the molecule is COCCC(N)C(=O)Nc1ncccc1Cl. The van der Waals surface area contributed by atoms with E-state index in [1.54, 1.807) is 25.4 Å². The van der Waals surface area contributed by atoms with Gasteiger partial charge in [0.2, 0.25) is 5.91 Å². The van der Waals surface area contributed by atoms with E-state index in [-0.39, 0.29) is 5.91 Å². The molecule has 0 aliphatic rings. The molecule has 1 atom stereocenters. The largest absolute Gasteiger partial charge is 0.385 e. The standard InChI is InChI=1S/C10H14ClN3O2/c1-16-6-4-8(12)10(15)14-9-7(11)3-2-5-13-9/h2-3,5,8H,4,6,12H2,1H3,(H,13,14,15). The molecule has 0 fully saturated rings. The number of carbonyl (C=O) groups is 1. The molecule has 0 saturated heterocycles. The minimum absolute atomic E-state index is 0.321. The van der Waals surface area contributed by atoms with Crippen LogP contribution in [0.5, 0.6) is 0 Å². The number of anilines is 1. The molecule has 1 heterocycles. The number of hydrogen-bond donors (Lipinski definition) is 2. The lowest BCUT2D eigenvalue weighted by atomic mass is 10.2. The van der Waals surface area contributed by atoms with E-state index in [1.807, 2.05) is 0 Å². The molecule has 0 aliphatic heterocycles. The molecule has 0 radical (unpaired) electrons. The van der Waals surface area contributed by atoms with Crippen LogP contribution in [0.3, 0.4) is 0 Å². The molecule has 1 rings (SSSR count). The summed E-state index contributed by atoms with van der Waals surface area (Å²) in [5.74, 6) is -0.000293. The van der Waals surface area contributed by atoms with E-state index >= 15 is 0 Å². The first-order chi connectivity index (χ1) is 7.65. The van der Waals surface area contributed by atoms with Gasteiger partial charge in [-0.2, -0.15) is 0 Å². The Balaban J connectivity index is 2.54. The number of halogens is 1. The highest BCUT2D eigenvalue weighted by molar-refractivity contribution is 6.33. The third-order valence-electron chi connectivity index (χ3n) is 1.97. The molecular weight excluding hydrogens is 230 g/mol. The molecule has 0 aromatic carbocycles. The Morgan fingerprint density at radius 2 is 2.50 bits per heavy atom. The van der Waals surface area contributed by atoms with E-state index in [0.29, 0.717) is 23.9 Å². The summed E-state index contributed by atoms with van der Waals surface area (Å²) in [7, 11) is 1.56. The van der Waals surface area contributed by atoms with Gasteiger partial charge < -0.3 is 15.8 Å². The summed E-state index contributed by atoms with van der Waals surface area (Å²) in [5.41, 5.74) is 5.64. The number of amides is 1. The van der Waals surface area contributed by atoms with Crippen molar-refractivity contribution < 1.29 is 9.53 Å². The third-order valence-corrected chi connectivity index (χ3v) is 2.27. The molecule has 5 nitrogen and oxygen atoms in total. The maximum Gasteiger partial charge on any atom is 0.242 e. The summed E-state index contributed by atoms with van der Waals surface area (Å²) in [4.78, 5) is 15.5. The van der Waals surface area contributed by atoms with E-state index in [1.165, 1.54) is 0 Å². The summed E-state index contributed by atoms with van der Waals surface area (Å²) in [6, 6.07) is 2.70. The van der Waals surface area contributed by atoms with Crippen LogP contribution in [0, 0.1) is 0 Å². The van der Waals surface area contributed by atoms with Crippen molar-refractivity contribution in [2.24, 2.45) is 5.73 Å². The summed E-state index contributed by atoms with van der Waals surface area (Å²) in [6.45, 7) is 0.435. The maximum absolute atomic E-state index is 11.6. The number of aromatic nitrogens is 1. The molecule has 0 bridgehead atoms. The summed E-state index contributed by atoms with van der Waals surface area (Å²) in [6.07, 6.45) is 1.99. The highest BCUT2D eigenvalue weighted by Gasteiger charge is 2.14. The Morgan fingerprint density at radius 3 is 3.12 bits per heavy atom. The number of nitrogens with zero attached hydrogens (tertiary/aromatic N) is 1. The first-order valence-corrected chi connectivity index (χ1v) is 5.19. The van der Waals surface area contributed by atoms with Gasteiger partial charge in [0.15, 0.2) is 5.82 Å². The number of ether oxygens (including phenoxy) is 1. The second-order valence-corrected chi connectivity index (χ2v) is 3.62. The lowest BCUT2D eigenvalue weighted by molar-refractivity contribution is -0.117. The van der Waals surface area contributed by atoms with Gasteiger partial charge in [-0.3, -0.25) is 4.79 Å². The fraction of sp³-hybridized carbons (Fsp3) is 0.400. The van der Waals surface area contributed by atoms with Crippen LogP contribution in [0.15, 0.2) is 18.3 Å². The van der Waals surface area contributed by atoms with E-state index in [9.17, 15) is 4.79 Å². The molecule has 1 amide bonds. The molecular formula is C10H14ClN3O2. The second kappa shape index (κ2) is 6.42. The highest BCUT2D eigenvalue weighted by atomic mass is 35.5. The van der Waals surface area contributed by atoms with Crippen molar-refractivity contribution in [1.82, 2.24) is 4.98 Å². The predicted octanol–water partition coefficient (Wildman–Crippen LogP) is 1.04. The smallest absolute Gasteiger partial charge is 0.242 e. The van der Waals surface area contributed by atoms with Gasteiger partial charge >= 0.3 is 0 Å². The molecule has 0 spiro atoms. The van der Waals surface area contributed by atoms with E-state index < -0.39 is 6.04 Å². The Kier molecular flexibility index (Phi) is 5.18. The van der Waals surface area contributed by atoms with Crippen LogP contribution in [0.4, 0.5) is 5.82 Å². The summed E-state index contributed by atoms with van der Waals surface area (Å²) >= 11 is 5.83. The average Bonchev–Trinajstić information content (AvgIpc) is 2.28. The number of carbonyl (C=O) groups excluding carboxylic acids is 1. The van der Waals surface area contributed by atoms with Crippen molar-refractivity contribution in [1.29, 1.82) is 0 Å². The van der Waals surface area contributed by atoms with Gasteiger partial charge in [0, 0.05) is 19.9 Å². The number of methoxy groups -OCH3 is 1. The zero-order valence-electron chi connectivity index (χ0n) is 8.94. The van der Waals surface area contributed by atoms with Gasteiger partial charge in [-0.15, -0.1) is 0 Å². The van der Waals surface area contributed by atoms with Gasteiger partial charge in [-0.05, 0) is 18.6 Å². The Bertz CT molecular complexity index is 360. The number of hydrogen-bond acceptors (Lipinski definition) is 4. The fourth-order valence-corrected chi connectivity index (χ4v) is 1.23. The number of nitrogens with one attached hydrogen (secondary N) is 1. The first-order valence-electron chi connectivity index (χ1n) is 4.81. The van der Waals surface area contributed by atoms with Crippen molar-refractivity contribution in [2.75, 3.05) is 19.0 Å². The summed E-state index contributed by atoms with van der Waals surface area (Å²) < 4.78 is 4.83. The van der Waals surface area contributed by atoms with Gasteiger partial charge in [0.1, 0.15) is 0 Å². The van der Waals surface area contributed by atoms with Crippen LogP contribution in [0.1, 0.15) is 6.42 Å². The van der Waals surface area contributed by atoms with Crippen molar-refractivity contribution in [3.8, 4) is 0 Å². The lowest BCUT2D eigenvalue weighted by Gasteiger charge is -2.11. The lowest BCUT2D eigenvalue weighted by Crippen LogP contribution is -2.36. The molecule has 88 valence electrons. The minimum atomic E-state index is -0.627. The van der Waals surface area contributed by atoms with E-state index in [4.69, 9.17) is 22.1 Å². The maximum atomic E-state index is 11.6. The zero-order chi connectivity index (χ0) is 12.0. The highest BCUT2D eigenvalue weighted by Crippen LogP contribution is 2.17. The topological polar surface area (TPSA) is 77.2 Å². The fourth-order valence-electron chi connectivity index (χ4n) is 1.06. The first kappa shape index (κ1) is 12.9. The van der Waals surface area contributed by atoms with Crippen LogP contribution < -0.4 is 11.1 Å². The Hall–Kier alpha value is -1.17. The van der Waals surface area contributed by atoms with Crippen LogP contribution in [-0.4, -0.2) is 30.6 Å². The molecule has 16 heavy (non-hydrogen) atoms. The Labute approximate surface area is 98.9 Å². The third kappa shape index (κ3) is 3.77. The van der Waals surface area contributed by atoms with Crippen molar-refractivity contribution in [3.63, 3.8) is 0 Å². The van der Waals surface area contributed by atoms with Crippen LogP contribution >= 0.6 is 11.6 Å². The van der Waals surface area contributed by atoms with Crippen LogP contribution in [-0.2, 0) is 9.53 Å². The van der Waals surface area contributed by atoms with E-state index in [2.05, 4.69) is 10.3 Å². The van der Waals surface area contributed by atoms with Crippen molar-refractivity contribution >= 4 is 23.3 Å². The molecule has 0 saturated carbocycles. The number of nitrogens with two attached hydrogens (primary N) is 1. The van der Waals surface area contributed by atoms with Crippen LogP contribution in [0.25, 0.3) is 0 Å². The second-order valence-electron chi connectivity index (χ2n) is 3.21. The minimum Gasteiger partial charge on any atom is -0.385 e. The van der Waals surface area contributed by atoms with E-state index in [0.717, 1.165) is 0 Å². The summed E-state index contributed by atoms with van der Waals surface area (Å²) in [5, 5.41) is 2.94. The molecule has 1 aromatic heterocycles. The Morgan fingerprint density at radius 1 is 1.75 bits per heavy atom. The van der Waals surface area contributed by atoms with Gasteiger partial charge in [0.05, 0.1) is 11.1 Å². The molecule has 6 heteroatoms. The monoisotopic (exact) mass is 243 g/mol. The normalized spacial score (nSPS) is 12.2. The van der Waals surface area contributed by atoms with Crippen molar-refractivity contribution in [3.05, 3.63) is 23.4 Å².